The van der Waals surface area contributed by atoms with Gasteiger partial charge in [-0.2, -0.15) is 0 Å². The number of hydrogen-bond acceptors (Lipinski definition) is 3. The third-order valence-corrected chi connectivity index (χ3v) is 4.92. The van der Waals surface area contributed by atoms with Crippen LogP contribution in [0.25, 0.3) is 0 Å². The van der Waals surface area contributed by atoms with Gasteiger partial charge in [0.2, 0.25) is 0 Å². The maximum absolute atomic E-state index is 12.9. The van der Waals surface area contributed by atoms with Crippen LogP contribution in [-0.2, 0) is 9.59 Å². The zero-order chi connectivity index (χ0) is 19.9. The van der Waals surface area contributed by atoms with E-state index in [-0.39, 0.29) is 17.3 Å². The average Bonchev–Trinajstić information content (AvgIpc) is 2.85. The minimum absolute atomic E-state index is 0.0942. The number of Topliss-reactive ketones (excluding diaryl/α,β-unsaturated/α-hetero) is 1. The van der Waals surface area contributed by atoms with Crippen molar-refractivity contribution >= 4 is 40.6 Å². The lowest BCUT2D eigenvalue weighted by atomic mass is 9.90. The minimum atomic E-state index is -0.748. The van der Waals surface area contributed by atoms with Gasteiger partial charge in [-0.05, 0) is 30.7 Å². The SMILES string of the molecule is Cc1cccc(C2C(C(=O)C(C)C)=C(O)C(=O)N2c2cc(Cl)cc(Cl)c2)c1. The number of amides is 1. The molecule has 0 radical (unpaired) electrons. The lowest BCUT2D eigenvalue weighted by Gasteiger charge is -2.28. The lowest BCUT2D eigenvalue weighted by molar-refractivity contribution is -0.119. The van der Waals surface area contributed by atoms with E-state index in [0.717, 1.165) is 11.1 Å². The van der Waals surface area contributed by atoms with E-state index in [1.807, 2.05) is 31.2 Å². The molecule has 0 saturated carbocycles. The number of aryl methyl sites for hydroxylation is 1. The number of ketones is 1. The predicted molar refractivity (Wildman–Crippen MR) is 107 cm³/mol. The van der Waals surface area contributed by atoms with Crippen LogP contribution in [0.2, 0.25) is 10.0 Å². The van der Waals surface area contributed by atoms with Crippen LogP contribution < -0.4 is 4.90 Å². The molecule has 0 fully saturated rings. The van der Waals surface area contributed by atoms with Crippen LogP contribution >= 0.6 is 23.2 Å². The van der Waals surface area contributed by atoms with Crippen molar-refractivity contribution < 1.29 is 14.7 Å². The molecule has 1 aliphatic heterocycles. The van der Waals surface area contributed by atoms with Crippen LogP contribution in [0.15, 0.2) is 53.8 Å². The molecule has 1 amide bonds. The van der Waals surface area contributed by atoms with E-state index in [0.29, 0.717) is 15.7 Å². The first-order valence-corrected chi connectivity index (χ1v) is 9.30. The number of carbonyl (C=O) groups excluding carboxylic acids is 2. The summed E-state index contributed by atoms with van der Waals surface area (Å²) in [5, 5.41) is 11.3. The van der Waals surface area contributed by atoms with Crippen LogP contribution in [-0.4, -0.2) is 16.8 Å². The highest BCUT2D eigenvalue weighted by Gasteiger charge is 2.44. The van der Waals surface area contributed by atoms with Crippen LogP contribution in [0.5, 0.6) is 0 Å². The van der Waals surface area contributed by atoms with Gasteiger partial charge in [-0.25, -0.2) is 0 Å². The number of halogens is 2. The van der Waals surface area contributed by atoms with Crippen molar-refractivity contribution in [1.82, 2.24) is 0 Å². The highest BCUT2D eigenvalue weighted by molar-refractivity contribution is 6.35. The smallest absolute Gasteiger partial charge is 0.294 e. The Bertz CT molecular complexity index is 945. The summed E-state index contributed by atoms with van der Waals surface area (Å²) < 4.78 is 0. The summed E-state index contributed by atoms with van der Waals surface area (Å²) in [4.78, 5) is 27.1. The molecule has 1 unspecified atom stereocenters. The van der Waals surface area contributed by atoms with Gasteiger partial charge in [0.25, 0.3) is 5.91 Å². The van der Waals surface area contributed by atoms with Crippen molar-refractivity contribution in [2.24, 2.45) is 5.92 Å². The number of rotatable bonds is 4. The molecule has 4 nitrogen and oxygen atoms in total. The fraction of sp³-hybridized carbons (Fsp3) is 0.238. The van der Waals surface area contributed by atoms with Gasteiger partial charge >= 0.3 is 0 Å². The number of anilines is 1. The number of nitrogens with zero attached hydrogens (tertiary/aromatic N) is 1. The Morgan fingerprint density at radius 3 is 2.30 bits per heavy atom. The van der Waals surface area contributed by atoms with E-state index < -0.39 is 17.7 Å². The second kappa shape index (κ2) is 7.37. The van der Waals surface area contributed by atoms with Crippen molar-refractivity contribution in [3.8, 4) is 0 Å². The number of benzene rings is 2. The second-order valence-corrected chi connectivity index (χ2v) is 7.77. The largest absolute Gasteiger partial charge is 0.503 e. The quantitative estimate of drug-likeness (QED) is 0.740. The summed E-state index contributed by atoms with van der Waals surface area (Å²) in [6, 6.07) is 11.5. The standard InChI is InChI=1S/C21H19Cl2NO3/c1-11(2)19(25)17-18(13-6-4-5-12(3)7-13)24(21(27)20(17)26)16-9-14(22)8-15(23)10-16/h4-11,18,26H,1-3H3. The zero-order valence-electron chi connectivity index (χ0n) is 15.2. The minimum Gasteiger partial charge on any atom is -0.503 e. The highest BCUT2D eigenvalue weighted by Crippen LogP contribution is 2.43. The number of hydrogen-bond donors (Lipinski definition) is 1. The summed E-state index contributed by atoms with van der Waals surface area (Å²) in [5.74, 6) is -1.83. The van der Waals surface area contributed by atoms with Gasteiger partial charge in [-0.1, -0.05) is 66.9 Å². The lowest BCUT2D eigenvalue weighted by Crippen LogP contribution is -2.31. The van der Waals surface area contributed by atoms with E-state index in [1.54, 1.807) is 32.0 Å². The topological polar surface area (TPSA) is 57.6 Å². The summed E-state index contributed by atoms with van der Waals surface area (Å²) in [6.45, 7) is 5.40. The number of aliphatic hydroxyl groups excluding tert-OH is 1. The molecule has 1 aliphatic rings. The molecule has 0 spiro atoms. The molecule has 0 bridgehead atoms. The molecule has 140 valence electrons. The second-order valence-electron chi connectivity index (χ2n) is 6.90. The zero-order valence-corrected chi connectivity index (χ0v) is 16.7. The monoisotopic (exact) mass is 403 g/mol. The number of carbonyl (C=O) groups is 2. The third-order valence-electron chi connectivity index (χ3n) is 4.48. The Kier molecular flexibility index (Phi) is 5.31. The molecular weight excluding hydrogens is 385 g/mol. The Hall–Kier alpha value is -2.30. The normalized spacial score (nSPS) is 17.2. The Morgan fingerprint density at radius 2 is 1.74 bits per heavy atom. The van der Waals surface area contributed by atoms with Crippen molar-refractivity contribution in [3.63, 3.8) is 0 Å². The molecule has 0 aliphatic carbocycles. The molecular formula is C21H19Cl2NO3. The highest BCUT2D eigenvalue weighted by atomic mass is 35.5. The molecule has 1 heterocycles. The molecule has 1 atom stereocenters. The van der Waals surface area contributed by atoms with Crippen LogP contribution in [0.3, 0.4) is 0 Å². The molecule has 1 N–H and O–H groups in total. The summed E-state index contributed by atoms with van der Waals surface area (Å²) in [7, 11) is 0. The van der Waals surface area contributed by atoms with E-state index in [9.17, 15) is 14.7 Å². The molecule has 0 saturated heterocycles. The molecule has 2 aromatic carbocycles. The van der Waals surface area contributed by atoms with Gasteiger partial charge in [0.05, 0.1) is 11.6 Å². The molecule has 0 aromatic heterocycles. The van der Waals surface area contributed by atoms with Gasteiger partial charge in [0, 0.05) is 21.7 Å². The molecule has 2 aromatic rings. The summed E-state index contributed by atoms with van der Waals surface area (Å²) in [5.41, 5.74) is 2.22. The fourth-order valence-electron chi connectivity index (χ4n) is 3.27. The third kappa shape index (κ3) is 3.60. The van der Waals surface area contributed by atoms with Gasteiger partial charge in [0.1, 0.15) is 0 Å². The molecule has 6 heteroatoms. The van der Waals surface area contributed by atoms with Crippen LogP contribution in [0, 0.1) is 12.8 Å². The summed E-state index contributed by atoms with van der Waals surface area (Å²) in [6.07, 6.45) is 0. The first-order valence-electron chi connectivity index (χ1n) is 8.54. The average molecular weight is 404 g/mol. The van der Waals surface area contributed by atoms with Gasteiger partial charge < -0.3 is 5.11 Å². The van der Waals surface area contributed by atoms with Crippen LogP contribution in [0.4, 0.5) is 5.69 Å². The van der Waals surface area contributed by atoms with Crippen molar-refractivity contribution in [1.29, 1.82) is 0 Å². The Labute approximate surface area is 168 Å². The van der Waals surface area contributed by atoms with Crippen LogP contribution in [0.1, 0.15) is 31.0 Å². The summed E-state index contributed by atoms with van der Waals surface area (Å²) >= 11 is 12.2. The Morgan fingerprint density at radius 1 is 1.11 bits per heavy atom. The maximum atomic E-state index is 12.9. The van der Waals surface area contributed by atoms with Crippen molar-refractivity contribution in [3.05, 3.63) is 75.0 Å². The van der Waals surface area contributed by atoms with E-state index >= 15 is 0 Å². The Balaban J connectivity index is 2.23. The molecule has 27 heavy (non-hydrogen) atoms. The predicted octanol–water partition coefficient (Wildman–Crippen LogP) is 5.43. The first-order chi connectivity index (χ1) is 12.7. The van der Waals surface area contributed by atoms with Gasteiger partial charge in [-0.15, -0.1) is 0 Å². The van der Waals surface area contributed by atoms with E-state index in [4.69, 9.17) is 23.2 Å². The number of aliphatic hydroxyl groups is 1. The van der Waals surface area contributed by atoms with E-state index in [2.05, 4.69) is 0 Å². The maximum Gasteiger partial charge on any atom is 0.294 e. The van der Waals surface area contributed by atoms with Gasteiger partial charge in [-0.3, -0.25) is 14.5 Å². The van der Waals surface area contributed by atoms with E-state index in [1.165, 1.54) is 4.90 Å². The first kappa shape index (κ1) is 19.5. The molecule has 3 rings (SSSR count). The van der Waals surface area contributed by atoms with Crippen molar-refractivity contribution in [2.75, 3.05) is 4.90 Å². The van der Waals surface area contributed by atoms with Gasteiger partial charge in [0.15, 0.2) is 11.5 Å². The van der Waals surface area contributed by atoms with Crippen molar-refractivity contribution in [2.45, 2.75) is 26.8 Å². The fourth-order valence-corrected chi connectivity index (χ4v) is 3.78.